The molecule has 0 aromatic heterocycles. The summed E-state index contributed by atoms with van der Waals surface area (Å²) in [5.74, 6) is 0. The highest BCUT2D eigenvalue weighted by molar-refractivity contribution is 7.53. The van der Waals surface area contributed by atoms with Gasteiger partial charge in [-0.1, -0.05) is 68.4 Å². The van der Waals surface area contributed by atoms with Gasteiger partial charge in [-0.2, -0.15) is 4.20 Å². The maximum absolute atomic E-state index is 13.0. The molecular weight excluding hydrogens is 334 g/mol. The Kier molecular flexibility index (Phi) is 17.2. The highest BCUT2D eigenvalue weighted by Gasteiger charge is 2.18. The summed E-state index contributed by atoms with van der Waals surface area (Å²) in [4.78, 5) is 0. The lowest BCUT2D eigenvalue weighted by atomic mass is 10.2. The molecule has 0 amide bonds. The second-order valence-corrected chi connectivity index (χ2v) is 8.07. The van der Waals surface area contributed by atoms with Gasteiger partial charge in [-0.15, -0.1) is 0 Å². The third kappa shape index (κ3) is 19.3. The number of hydrogen-bond acceptors (Lipinski definition) is 2. The molecule has 0 saturated heterocycles. The minimum absolute atomic E-state index is 0.0253. The Morgan fingerprint density at radius 2 is 1.20 bits per heavy atom. The van der Waals surface area contributed by atoms with Gasteiger partial charge in [0.15, 0.2) is 0 Å². The lowest BCUT2D eigenvalue weighted by molar-refractivity contribution is 0.354. The SMILES string of the molecule is CCCCC/C=C\C/C=C\C/C=C\C/C=C\CCCC[P@@](=O)(F)OC. The van der Waals surface area contributed by atoms with Gasteiger partial charge in [0.1, 0.15) is 0 Å². The summed E-state index contributed by atoms with van der Waals surface area (Å²) >= 11 is 0. The van der Waals surface area contributed by atoms with Crippen molar-refractivity contribution in [2.24, 2.45) is 0 Å². The van der Waals surface area contributed by atoms with Crippen molar-refractivity contribution in [3.8, 4) is 0 Å². The molecule has 0 aliphatic rings. The maximum atomic E-state index is 13.0. The van der Waals surface area contributed by atoms with Gasteiger partial charge in [0.2, 0.25) is 0 Å². The van der Waals surface area contributed by atoms with Crippen molar-refractivity contribution >= 4 is 7.68 Å². The summed E-state index contributed by atoms with van der Waals surface area (Å²) < 4.78 is 28.4. The highest BCUT2D eigenvalue weighted by Crippen LogP contribution is 2.48. The zero-order valence-electron chi connectivity index (χ0n) is 16.0. The van der Waals surface area contributed by atoms with Crippen LogP contribution in [0.3, 0.4) is 0 Å². The fourth-order valence-corrected chi connectivity index (χ4v) is 3.00. The van der Waals surface area contributed by atoms with Crippen LogP contribution in [0, 0.1) is 0 Å². The van der Waals surface area contributed by atoms with E-state index in [4.69, 9.17) is 0 Å². The quantitative estimate of drug-likeness (QED) is 0.157. The zero-order valence-corrected chi connectivity index (χ0v) is 16.9. The number of allylic oxidation sites excluding steroid dienone is 8. The van der Waals surface area contributed by atoms with Crippen LogP contribution in [0.2, 0.25) is 0 Å². The van der Waals surface area contributed by atoms with Crippen molar-refractivity contribution < 1.29 is 13.3 Å². The molecule has 144 valence electrons. The van der Waals surface area contributed by atoms with Gasteiger partial charge >= 0.3 is 7.68 Å². The standard InChI is InChI=1S/C21H36FO2P/c1-3-4-5-6-7-8-9-10-11-12-13-14-15-16-17-18-19-20-21-25(22,23)24-2/h7-8,10-11,13-14,16-17H,3-6,9,12,15,18-21H2,1-2H3/b8-7-,11-10-,14-13-,17-16-/t25-/m0/s1. The summed E-state index contributed by atoms with van der Waals surface area (Å²) in [6.45, 7) is 2.23. The minimum atomic E-state index is -3.81. The van der Waals surface area contributed by atoms with Crippen molar-refractivity contribution in [3.63, 3.8) is 0 Å². The van der Waals surface area contributed by atoms with Gasteiger partial charge in [-0.05, 0) is 51.4 Å². The van der Waals surface area contributed by atoms with Crippen molar-refractivity contribution in [2.45, 2.75) is 71.1 Å². The van der Waals surface area contributed by atoms with Crippen LogP contribution in [0.5, 0.6) is 0 Å². The summed E-state index contributed by atoms with van der Waals surface area (Å²) in [6.07, 6.45) is 27.8. The predicted octanol–water partition coefficient (Wildman–Crippen LogP) is 7.94. The van der Waals surface area contributed by atoms with E-state index in [0.717, 1.165) is 39.2 Å². The van der Waals surface area contributed by atoms with E-state index in [-0.39, 0.29) is 6.16 Å². The van der Waals surface area contributed by atoms with Crippen LogP contribution in [-0.2, 0) is 9.09 Å². The third-order valence-corrected chi connectivity index (χ3v) is 5.17. The molecule has 0 aromatic carbocycles. The largest absolute Gasteiger partial charge is 0.367 e. The van der Waals surface area contributed by atoms with Gasteiger partial charge < -0.3 is 4.52 Å². The van der Waals surface area contributed by atoms with Crippen molar-refractivity contribution in [3.05, 3.63) is 48.6 Å². The van der Waals surface area contributed by atoms with Gasteiger partial charge in [0.05, 0.1) is 6.16 Å². The van der Waals surface area contributed by atoms with E-state index in [1.807, 2.05) is 0 Å². The molecule has 0 heterocycles. The van der Waals surface area contributed by atoms with Crippen LogP contribution in [0.4, 0.5) is 4.20 Å². The fourth-order valence-electron chi connectivity index (χ4n) is 2.22. The first-order valence-electron chi connectivity index (χ1n) is 9.57. The van der Waals surface area contributed by atoms with E-state index in [2.05, 4.69) is 60.1 Å². The van der Waals surface area contributed by atoms with Crippen molar-refractivity contribution in [2.75, 3.05) is 13.3 Å². The fraction of sp³-hybridized carbons (Fsp3) is 0.619. The van der Waals surface area contributed by atoms with E-state index >= 15 is 0 Å². The Balaban J connectivity index is 3.47. The molecule has 0 fully saturated rings. The first kappa shape index (κ1) is 24.1. The van der Waals surface area contributed by atoms with Crippen molar-refractivity contribution in [1.29, 1.82) is 0 Å². The lowest BCUT2D eigenvalue weighted by Crippen LogP contribution is -1.87. The molecule has 0 saturated carbocycles. The molecule has 0 spiro atoms. The van der Waals surface area contributed by atoms with Gasteiger partial charge in [0, 0.05) is 7.11 Å². The monoisotopic (exact) mass is 370 g/mol. The zero-order chi connectivity index (χ0) is 18.6. The molecule has 0 aromatic rings. The molecule has 0 unspecified atom stereocenters. The third-order valence-electron chi connectivity index (χ3n) is 3.78. The van der Waals surface area contributed by atoms with E-state index in [1.54, 1.807) is 0 Å². The second kappa shape index (κ2) is 17.9. The van der Waals surface area contributed by atoms with Crippen LogP contribution >= 0.6 is 7.68 Å². The van der Waals surface area contributed by atoms with Crippen LogP contribution in [0.1, 0.15) is 71.1 Å². The maximum Gasteiger partial charge on any atom is 0.367 e. The Labute approximate surface area is 154 Å². The Morgan fingerprint density at radius 1 is 0.760 bits per heavy atom. The molecule has 0 bridgehead atoms. The van der Waals surface area contributed by atoms with E-state index in [0.29, 0.717) is 6.42 Å². The topological polar surface area (TPSA) is 26.3 Å². The van der Waals surface area contributed by atoms with Gasteiger partial charge in [0.25, 0.3) is 0 Å². The molecule has 0 aliphatic heterocycles. The average Bonchev–Trinajstić information content (AvgIpc) is 2.60. The summed E-state index contributed by atoms with van der Waals surface area (Å²) in [5.41, 5.74) is 0. The van der Waals surface area contributed by atoms with E-state index < -0.39 is 7.68 Å². The van der Waals surface area contributed by atoms with E-state index in [9.17, 15) is 8.76 Å². The molecule has 0 N–H and O–H groups in total. The Bertz CT molecular complexity index is 453. The van der Waals surface area contributed by atoms with Crippen LogP contribution in [0.15, 0.2) is 48.6 Å². The van der Waals surface area contributed by atoms with Crippen molar-refractivity contribution in [1.82, 2.24) is 0 Å². The molecule has 0 aliphatic carbocycles. The highest BCUT2D eigenvalue weighted by atomic mass is 31.2. The van der Waals surface area contributed by atoms with Crippen LogP contribution in [-0.4, -0.2) is 13.3 Å². The molecular formula is C21H36FO2P. The molecule has 0 rings (SSSR count). The minimum Gasteiger partial charge on any atom is -0.309 e. The van der Waals surface area contributed by atoms with Gasteiger partial charge in [-0.3, -0.25) is 4.57 Å². The van der Waals surface area contributed by atoms with E-state index in [1.165, 1.54) is 25.7 Å². The molecule has 2 nitrogen and oxygen atoms in total. The molecule has 1 atom stereocenters. The lowest BCUT2D eigenvalue weighted by Gasteiger charge is -2.04. The summed E-state index contributed by atoms with van der Waals surface area (Å²) in [7, 11) is -2.65. The smallest absolute Gasteiger partial charge is 0.309 e. The average molecular weight is 370 g/mol. The number of hydrogen-bond donors (Lipinski definition) is 0. The number of rotatable bonds is 16. The van der Waals surface area contributed by atoms with Gasteiger partial charge in [-0.25, -0.2) is 0 Å². The first-order chi connectivity index (χ1) is 12.1. The molecule has 4 heteroatoms. The Morgan fingerprint density at radius 3 is 1.64 bits per heavy atom. The summed E-state index contributed by atoms with van der Waals surface area (Å²) in [5, 5.41) is 0. The second-order valence-electron chi connectivity index (χ2n) is 6.08. The number of unbranched alkanes of at least 4 members (excludes halogenated alkanes) is 5. The first-order valence-corrected chi connectivity index (χ1v) is 11.3. The normalized spacial score (nSPS) is 15.2. The summed E-state index contributed by atoms with van der Waals surface area (Å²) in [6, 6.07) is 0. The van der Waals surface area contributed by atoms with Crippen LogP contribution in [0.25, 0.3) is 0 Å². The Hall–Kier alpha value is -0.920. The van der Waals surface area contributed by atoms with Crippen LogP contribution < -0.4 is 0 Å². The number of halogens is 1. The predicted molar refractivity (Wildman–Crippen MR) is 109 cm³/mol. The molecule has 0 radical (unpaired) electrons. The molecule has 25 heavy (non-hydrogen) atoms.